The van der Waals surface area contributed by atoms with Crippen LogP contribution >= 0.6 is 6.72 Å². The van der Waals surface area contributed by atoms with Gasteiger partial charge < -0.3 is 14.7 Å². The predicted molar refractivity (Wildman–Crippen MR) is 81.7 cm³/mol. The monoisotopic (exact) mass is 286 g/mol. The van der Waals surface area contributed by atoms with Gasteiger partial charge in [0.1, 0.15) is 0 Å². The van der Waals surface area contributed by atoms with E-state index in [1.165, 1.54) is 0 Å². The Labute approximate surface area is 107 Å². The van der Waals surface area contributed by atoms with Gasteiger partial charge >= 0.3 is 0 Å². The lowest BCUT2D eigenvalue weighted by Crippen LogP contribution is -2.26. The Morgan fingerprint density at radius 2 is 1.00 bits per heavy atom. The maximum Gasteiger partial charge on any atom is 0.259 e. The molecule has 0 amide bonds. The summed E-state index contributed by atoms with van der Waals surface area (Å²) in [7, 11) is -1.95. The molecule has 0 aromatic heterocycles. The molecule has 0 aromatic rings. The van der Waals surface area contributed by atoms with E-state index in [0.717, 1.165) is 55.8 Å². The Morgan fingerprint density at radius 1 is 0.706 bits per heavy atom. The Bertz CT molecular complexity index is 236. The summed E-state index contributed by atoms with van der Waals surface area (Å²) in [6.45, 7) is 2.70. The van der Waals surface area contributed by atoms with Gasteiger partial charge in [-0.15, -0.1) is 0 Å². The molecule has 0 aliphatic heterocycles. The van der Waals surface area contributed by atoms with Gasteiger partial charge in [0.25, 0.3) is 6.72 Å². The largest absolute Gasteiger partial charge is 0.330 e. The maximum absolute atomic E-state index is 9.88. The van der Waals surface area contributed by atoms with E-state index < -0.39 is 15.9 Å². The van der Waals surface area contributed by atoms with Gasteiger partial charge in [0.2, 0.25) is 0 Å². The number of hydrogen-bond donors (Lipinski definition) is 4. The lowest BCUT2D eigenvalue weighted by atomic mass is 10.4. The molecule has 17 heavy (non-hydrogen) atoms. The lowest BCUT2D eigenvalue weighted by molar-refractivity contribution is 0.362. The Morgan fingerprint density at radius 3 is 1.18 bits per heavy atom. The highest BCUT2D eigenvalue weighted by molar-refractivity contribution is 8.39. The molecule has 0 spiro atoms. The van der Waals surface area contributed by atoms with E-state index in [4.69, 9.17) is 0 Å². The van der Waals surface area contributed by atoms with E-state index in [2.05, 4.69) is 20.8 Å². The van der Waals surface area contributed by atoms with E-state index in [0.29, 0.717) is 0 Å². The molecule has 3 N–H and O–H groups in total. The molecule has 0 heterocycles. The van der Waals surface area contributed by atoms with Crippen molar-refractivity contribution >= 4 is 15.9 Å². The standard InChI is InChI=1S/C12H31O3PS/c1-4-7-10-17(11-8-5-2,12-9-6-3)16(13,14)15/h13-15,17H,4-12H2,1-3H3. The van der Waals surface area contributed by atoms with E-state index in [-0.39, 0.29) is 0 Å². The van der Waals surface area contributed by atoms with Gasteiger partial charge in [-0.1, -0.05) is 40.0 Å². The summed E-state index contributed by atoms with van der Waals surface area (Å²) in [6.07, 6.45) is 6.18. The van der Waals surface area contributed by atoms with Gasteiger partial charge in [-0.05, 0) is 36.5 Å². The minimum Gasteiger partial charge on any atom is -0.330 e. The third-order valence-corrected chi connectivity index (χ3v) is 13.2. The van der Waals surface area contributed by atoms with Gasteiger partial charge in [-0.3, -0.25) is 0 Å². The maximum atomic E-state index is 9.88. The van der Waals surface area contributed by atoms with Crippen LogP contribution in [0.3, 0.4) is 0 Å². The molecule has 0 saturated heterocycles. The molecule has 0 bridgehead atoms. The van der Waals surface area contributed by atoms with Crippen molar-refractivity contribution in [2.45, 2.75) is 59.3 Å². The molecule has 0 aromatic carbocycles. The van der Waals surface area contributed by atoms with Crippen LogP contribution in [-0.2, 0) is 9.21 Å². The first kappa shape index (κ1) is 17.7. The van der Waals surface area contributed by atoms with Crippen molar-refractivity contribution in [3.8, 4) is 0 Å². The number of thiol groups is 1. The molecule has 0 atom stereocenters. The van der Waals surface area contributed by atoms with Crippen molar-refractivity contribution in [2.24, 2.45) is 0 Å². The molecule has 0 aliphatic rings. The molecule has 0 rings (SSSR count). The van der Waals surface area contributed by atoms with Crippen molar-refractivity contribution in [1.82, 2.24) is 0 Å². The van der Waals surface area contributed by atoms with Crippen molar-refractivity contribution in [1.29, 1.82) is 0 Å². The van der Waals surface area contributed by atoms with Crippen molar-refractivity contribution in [3.63, 3.8) is 0 Å². The van der Waals surface area contributed by atoms with Gasteiger partial charge in [-0.2, -0.15) is 9.21 Å². The van der Waals surface area contributed by atoms with Crippen LogP contribution in [-0.4, -0.2) is 31.9 Å². The Hall–Kier alpha value is 0.660. The fourth-order valence-corrected chi connectivity index (χ4v) is 9.97. The molecule has 0 radical (unpaired) electrons. The van der Waals surface area contributed by atoms with Crippen molar-refractivity contribution in [2.75, 3.05) is 17.3 Å². The predicted octanol–water partition coefficient (Wildman–Crippen LogP) is 2.93. The molecule has 0 fully saturated rings. The van der Waals surface area contributed by atoms with Crippen LogP contribution in [0.1, 0.15) is 59.3 Å². The second-order valence-electron chi connectivity index (χ2n) is 4.86. The molecule has 0 unspecified atom stereocenters. The van der Waals surface area contributed by atoms with Gasteiger partial charge in [0.05, 0.1) is 0 Å². The average Bonchev–Trinajstić information content (AvgIpc) is 2.27. The van der Waals surface area contributed by atoms with E-state index in [9.17, 15) is 14.7 Å². The summed E-state index contributed by atoms with van der Waals surface area (Å²) in [5.41, 5.74) is 0. The van der Waals surface area contributed by atoms with Crippen LogP contribution in [0, 0.1) is 0 Å². The van der Waals surface area contributed by atoms with Gasteiger partial charge in [0, 0.05) is 0 Å². The Kier molecular flexibility index (Phi) is 9.05. The first-order valence-electron chi connectivity index (χ1n) is 6.87. The SMILES string of the molecule is CCCC[SH](CCCC)(CCCC)=P(O)(O)O. The molecular weight excluding hydrogens is 255 g/mol. The second kappa shape index (κ2) is 8.71. The van der Waals surface area contributed by atoms with Crippen LogP contribution in [0.4, 0.5) is 0 Å². The number of unbranched alkanes of at least 4 members (excludes halogenated alkanes) is 3. The van der Waals surface area contributed by atoms with E-state index in [1.807, 2.05) is 0 Å². The normalized spacial score (nSPS) is 14.0. The number of rotatable bonds is 9. The molecule has 0 saturated carbocycles. The second-order valence-corrected chi connectivity index (χ2v) is 13.6. The zero-order valence-electron chi connectivity index (χ0n) is 11.6. The fourth-order valence-electron chi connectivity index (χ4n) is 2.10. The van der Waals surface area contributed by atoms with Gasteiger partial charge in [-0.25, -0.2) is 0 Å². The summed E-state index contributed by atoms with van der Waals surface area (Å²) in [6, 6.07) is 0. The van der Waals surface area contributed by atoms with Crippen LogP contribution < -0.4 is 0 Å². The summed E-state index contributed by atoms with van der Waals surface area (Å²) in [4.78, 5) is 29.6. The molecule has 0 aliphatic carbocycles. The van der Waals surface area contributed by atoms with Crippen LogP contribution in [0.2, 0.25) is 0 Å². The minimum atomic E-state index is -3.63. The quantitative estimate of drug-likeness (QED) is 0.389. The zero-order chi connectivity index (χ0) is 13.4. The van der Waals surface area contributed by atoms with E-state index >= 15 is 0 Å². The van der Waals surface area contributed by atoms with E-state index in [1.54, 1.807) is 0 Å². The molecule has 5 heteroatoms. The summed E-state index contributed by atoms with van der Waals surface area (Å²) in [5.74, 6) is 2.54. The fraction of sp³-hybridized carbons (Fsp3) is 1.00. The third-order valence-electron chi connectivity index (χ3n) is 3.35. The molecule has 3 nitrogen and oxygen atoms in total. The highest BCUT2D eigenvalue weighted by atomic mass is 32.6. The lowest BCUT2D eigenvalue weighted by Gasteiger charge is -2.35. The summed E-state index contributed by atoms with van der Waals surface area (Å²) in [5, 5.41) is 0. The van der Waals surface area contributed by atoms with Crippen LogP contribution in [0.15, 0.2) is 0 Å². The van der Waals surface area contributed by atoms with Crippen LogP contribution in [0.25, 0.3) is 0 Å². The summed E-state index contributed by atoms with van der Waals surface area (Å²) < 4.78 is 0. The summed E-state index contributed by atoms with van der Waals surface area (Å²) >= 11 is 0. The molecule has 108 valence electrons. The first-order chi connectivity index (χ1) is 7.93. The first-order valence-corrected chi connectivity index (χ1v) is 11.6. The Balaban J connectivity index is 5.09. The van der Waals surface area contributed by atoms with Crippen molar-refractivity contribution < 1.29 is 14.7 Å². The topological polar surface area (TPSA) is 60.7 Å². The van der Waals surface area contributed by atoms with Crippen molar-refractivity contribution in [3.05, 3.63) is 0 Å². The van der Waals surface area contributed by atoms with Crippen LogP contribution in [0.5, 0.6) is 0 Å². The number of hydrogen-bond acceptors (Lipinski definition) is 0. The smallest absolute Gasteiger partial charge is 0.259 e. The highest BCUT2D eigenvalue weighted by Crippen LogP contribution is 2.46. The average molecular weight is 286 g/mol. The van der Waals surface area contributed by atoms with Gasteiger partial charge in [0.15, 0.2) is 0 Å². The highest BCUT2D eigenvalue weighted by Gasteiger charge is 2.24. The molecular formula is C12H31O3PS. The third kappa shape index (κ3) is 5.89. The minimum absolute atomic E-state index is 0.848. The zero-order valence-corrected chi connectivity index (χ0v) is 13.4.